The molecule has 15 heavy (non-hydrogen) atoms. The smallest absolute Gasteiger partial charge is 0.0619 e. The van der Waals surface area contributed by atoms with E-state index in [-0.39, 0.29) is 16.8 Å². The molecule has 0 aromatic heterocycles. The Bertz CT molecular complexity index is 386. The molecule has 3 heteroatoms. The standard InChI is InChI=1S/C12H10OP.Co/c13-14(11-7-3-1-4-8-11)12-9-5-2-6-10-12;/h1-10H;/q+1;. The van der Waals surface area contributed by atoms with E-state index in [4.69, 9.17) is 0 Å². The molecule has 1 radical (unpaired) electrons. The third-order valence-corrected chi connectivity index (χ3v) is 3.52. The van der Waals surface area contributed by atoms with Crippen LogP contribution in [0.15, 0.2) is 60.7 Å². The van der Waals surface area contributed by atoms with Gasteiger partial charge in [0.2, 0.25) is 0 Å². The Morgan fingerprint density at radius 1 is 0.667 bits per heavy atom. The van der Waals surface area contributed by atoms with Gasteiger partial charge in [0.05, 0.1) is 0 Å². The third kappa shape index (κ3) is 3.00. The van der Waals surface area contributed by atoms with Gasteiger partial charge in [-0.05, 0) is 24.3 Å². The van der Waals surface area contributed by atoms with Gasteiger partial charge in [-0.15, -0.1) is 0 Å². The van der Waals surface area contributed by atoms with Gasteiger partial charge in [-0.2, -0.15) is 0 Å². The molecule has 0 aliphatic rings. The quantitative estimate of drug-likeness (QED) is 0.758. The van der Waals surface area contributed by atoms with Crippen molar-refractivity contribution in [3.05, 3.63) is 60.7 Å². The van der Waals surface area contributed by atoms with Gasteiger partial charge in [0, 0.05) is 16.8 Å². The topological polar surface area (TPSA) is 17.1 Å². The average Bonchev–Trinajstić information content (AvgIpc) is 2.30. The summed E-state index contributed by atoms with van der Waals surface area (Å²) in [5.74, 6) is 0. The van der Waals surface area contributed by atoms with Crippen molar-refractivity contribution >= 4 is 18.4 Å². The average molecular weight is 260 g/mol. The van der Waals surface area contributed by atoms with E-state index in [9.17, 15) is 4.57 Å². The normalized spacial score (nSPS) is 9.07. The molecule has 77 valence electrons. The number of hydrogen-bond acceptors (Lipinski definition) is 1. The summed E-state index contributed by atoms with van der Waals surface area (Å²) in [5, 5.41) is 1.77. The monoisotopic (exact) mass is 260 g/mol. The summed E-state index contributed by atoms with van der Waals surface area (Å²) in [7, 11) is -1.42. The van der Waals surface area contributed by atoms with Crippen LogP contribution >= 0.6 is 7.80 Å². The van der Waals surface area contributed by atoms with Crippen LogP contribution in [0.4, 0.5) is 0 Å². The molecule has 0 aliphatic heterocycles. The molecule has 0 spiro atoms. The maximum atomic E-state index is 12.0. The van der Waals surface area contributed by atoms with E-state index in [1.807, 2.05) is 60.7 Å². The number of benzene rings is 2. The molecule has 0 saturated carbocycles. The van der Waals surface area contributed by atoms with Gasteiger partial charge in [0.25, 0.3) is 0 Å². The van der Waals surface area contributed by atoms with Gasteiger partial charge in [-0.3, -0.25) is 0 Å². The zero-order valence-corrected chi connectivity index (χ0v) is 9.90. The minimum absolute atomic E-state index is 0. The molecule has 0 heterocycles. The van der Waals surface area contributed by atoms with Crippen LogP contribution in [0.3, 0.4) is 0 Å². The van der Waals surface area contributed by atoms with Gasteiger partial charge in [-0.25, -0.2) is 0 Å². The van der Waals surface area contributed by atoms with Crippen molar-refractivity contribution in [1.29, 1.82) is 0 Å². The Balaban J connectivity index is 0.00000112. The largest absolute Gasteiger partial charge is 0.415 e. The van der Waals surface area contributed by atoms with Crippen LogP contribution in [0.2, 0.25) is 0 Å². The van der Waals surface area contributed by atoms with Crippen LogP contribution in [0, 0.1) is 0 Å². The van der Waals surface area contributed by atoms with E-state index >= 15 is 0 Å². The molecule has 2 aromatic carbocycles. The summed E-state index contributed by atoms with van der Waals surface area (Å²) in [6.07, 6.45) is 0. The molecule has 0 unspecified atom stereocenters. The maximum absolute atomic E-state index is 12.0. The molecule has 0 fully saturated rings. The fourth-order valence-electron chi connectivity index (χ4n) is 1.28. The predicted octanol–water partition coefficient (Wildman–Crippen LogP) is 2.46. The molecule has 0 amide bonds. The summed E-state index contributed by atoms with van der Waals surface area (Å²) in [5.41, 5.74) is 0. The van der Waals surface area contributed by atoms with Crippen molar-refractivity contribution in [3.63, 3.8) is 0 Å². The second-order valence-corrected chi connectivity index (χ2v) is 4.59. The predicted molar refractivity (Wildman–Crippen MR) is 59.8 cm³/mol. The van der Waals surface area contributed by atoms with Crippen LogP contribution in [0.5, 0.6) is 0 Å². The van der Waals surface area contributed by atoms with Crippen LogP contribution in [-0.2, 0) is 21.3 Å². The molecule has 0 atom stereocenters. The molecular formula is C12H10CoOP+. The summed E-state index contributed by atoms with van der Waals surface area (Å²) in [4.78, 5) is 0. The van der Waals surface area contributed by atoms with Crippen molar-refractivity contribution in [2.24, 2.45) is 0 Å². The molecule has 2 rings (SSSR count). The first-order chi connectivity index (χ1) is 6.88. The first-order valence-corrected chi connectivity index (χ1v) is 5.71. The van der Waals surface area contributed by atoms with Gasteiger partial charge in [0.1, 0.15) is 0 Å². The fraction of sp³-hybridized carbons (Fsp3) is 0. The summed E-state index contributed by atoms with van der Waals surface area (Å²) in [6, 6.07) is 19.1. The second-order valence-electron chi connectivity index (χ2n) is 2.97. The Hall–Kier alpha value is -0.954. The Kier molecular flexibility index (Phi) is 4.70. The van der Waals surface area contributed by atoms with Gasteiger partial charge >= 0.3 is 7.80 Å². The molecule has 0 bridgehead atoms. The second kappa shape index (κ2) is 5.81. The van der Waals surface area contributed by atoms with Crippen molar-refractivity contribution in [3.8, 4) is 0 Å². The van der Waals surface area contributed by atoms with Crippen LogP contribution < -0.4 is 10.6 Å². The van der Waals surface area contributed by atoms with E-state index in [0.29, 0.717) is 0 Å². The first kappa shape index (κ1) is 12.1. The molecule has 1 nitrogen and oxygen atoms in total. The minimum atomic E-state index is -1.42. The molecule has 2 aromatic rings. The minimum Gasteiger partial charge on any atom is -0.0619 e. The molecule has 0 N–H and O–H groups in total. The third-order valence-electron chi connectivity index (χ3n) is 1.98. The zero-order valence-electron chi connectivity index (χ0n) is 7.96. The van der Waals surface area contributed by atoms with Crippen LogP contribution in [0.25, 0.3) is 0 Å². The van der Waals surface area contributed by atoms with E-state index < -0.39 is 7.80 Å². The van der Waals surface area contributed by atoms with Crippen LogP contribution in [-0.4, -0.2) is 0 Å². The van der Waals surface area contributed by atoms with Gasteiger partial charge < -0.3 is 0 Å². The zero-order chi connectivity index (χ0) is 9.80. The van der Waals surface area contributed by atoms with E-state index in [2.05, 4.69) is 0 Å². The Morgan fingerprint density at radius 2 is 1.00 bits per heavy atom. The first-order valence-electron chi connectivity index (χ1n) is 4.45. The van der Waals surface area contributed by atoms with Gasteiger partial charge in [0.15, 0.2) is 10.6 Å². The van der Waals surface area contributed by atoms with Crippen molar-refractivity contribution in [2.75, 3.05) is 0 Å². The molecule has 0 saturated heterocycles. The van der Waals surface area contributed by atoms with Gasteiger partial charge in [-0.1, -0.05) is 41.0 Å². The fourth-order valence-corrected chi connectivity index (χ4v) is 2.46. The Morgan fingerprint density at radius 3 is 1.33 bits per heavy atom. The number of hydrogen-bond donors (Lipinski definition) is 0. The van der Waals surface area contributed by atoms with Crippen molar-refractivity contribution in [1.82, 2.24) is 0 Å². The summed E-state index contributed by atoms with van der Waals surface area (Å²) < 4.78 is 12.0. The summed E-state index contributed by atoms with van der Waals surface area (Å²) in [6.45, 7) is 0. The van der Waals surface area contributed by atoms with Crippen molar-refractivity contribution in [2.45, 2.75) is 0 Å². The van der Waals surface area contributed by atoms with Crippen LogP contribution in [0.1, 0.15) is 0 Å². The molecular weight excluding hydrogens is 250 g/mol. The SMILES string of the molecule is O=[P+](c1ccccc1)c1ccccc1.[Co]. The Labute approximate surface area is 101 Å². The van der Waals surface area contributed by atoms with Crippen molar-refractivity contribution < 1.29 is 21.3 Å². The van der Waals surface area contributed by atoms with E-state index in [1.165, 1.54) is 0 Å². The number of rotatable bonds is 2. The maximum Gasteiger partial charge on any atom is 0.415 e. The van der Waals surface area contributed by atoms with E-state index in [1.54, 1.807) is 0 Å². The molecule has 0 aliphatic carbocycles. The summed E-state index contributed by atoms with van der Waals surface area (Å²) >= 11 is 0. The van der Waals surface area contributed by atoms with E-state index in [0.717, 1.165) is 10.6 Å².